The van der Waals surface area contributed by atoms with Crippen molar-refractivity contribution in [3.63, 3.8) is 0 Å². The number of carbonyl (C=O) groups excluding carboxylic acids is 1. The lowest BCUT2D eigenvalue weighted by Crippen LogP contribution is -2.32. The van der Waals surface area contributed by atoms with Gasteiger partial charge < -0.3 is 15.2 Å². The molecule has 1 aromatic heterocycles. The standard InChI is InChI=1S/C25H25N3O4S/c1-2-28-23(33-22(24(28)30)12-14-27-20-9-4-3-5-10-20)16-19(17-26)25(31)32-21-11-7-6-8-18(21)13-15-29/h3-12,16,19,27,29H,2,13-15H2,1H3. The molecule has 1 heterocycles. The lowest BCUT2D eigenvalue weighted by Gasteiger charge is -2.10. The van der Waals surface area contributed by atoms with Crippen LogP contribution >= 0.6 is 11.3 Å². The normalized spacial score (nSPS) is 12.9. The minimum atomic E-state index is -1.18. The van der Waals surface area contributed by atoms with Crippen molar-refractivity contribution in [1.29, 1.82) is 5.26 Å². The number of nitrogens with one attached hydrogen (secondary N) is 1. The Morgan fingerprint density at radius 2 is 1.97 bits per heavy atom. The van der Waals surface area contributed by atoms with E-state index in [4.69, 9.17) is 4.74 Å². The van der Waals surface area contributed by atoms with Crippen molar-refractivity contribution in [3.8, 4) is 11.8 Å². The third-order valence-corrected chi connectivity index (χ3v) is 6.01. The second-order valence-corrected chi connectivity index (χ2v) is 8.14. The zero-order valence-electron chi connectivity index (χ0n) is 18.2. The maximum absolute atomic E-state index is 12.8. The third kappa shape index (κ3) is 6.19. The molecule has 33 heavy (non-hydrogen) atoms. The lowest BCUT2D eigenvalue weighted by molar-refractivity contribution is -0.135. The highest BCUT2D eigenvalue weighted by Crippen LogP contribution is 2.20. The maximum atomic E-state index is 12.8. The summed E-state index contributed by atoms with van der Waals surface area (Å²) in [4.78, 5) is 25.5. The maximum Gasteiger partial charge on any atom is 0.332 e. The number of thiazole rings is 1. The van der Waals surface area contributed by atoms with E-state index in [1.807, 2.05) is 43.3 Å². The molecule has 0 aliphatic carbocycles. The molecule has 0 amide bonds. The van der Waals surface area contributed by atoms with Crippen molar-refractivity contribution in [1.82, 2.24) is 4.57 Å². The molecule has 0 radical (unpaired) electrons. The van der Waals surface area contributed by atoms with Gasteiger partial charge in [-0.05, 0) is 49.3 Å². The number of carbonyl (C=O) groups is 1. The third-order valence-electron chi connectivity index (χ3n) is 4.89. The van der Waals surface area contributed by atoms with Gasteiger partial charge in [-0.2, -0.15) is 5.26 Å². The van der Waals surface area contributed by atoms with E-state index in [1.165, 1.54) is 22.0 Å². The summed E-state index contributed by atoms with van der Waals surface area (Å²) in [6, 6.07) is 18.5. The number of benzene rings is 2. The van der Waals surface area contributed by atoms with Crippen molar-refractivity contribution >= 4 is 35.1 Å². The molecule has 0 bridgehead atoms. The summed E-state index contributed by atoms with van der Waals surface area (Å²) < 4.78 is 8.04. The van der Waals surface area contributed by atoms with E-state index < -0.39 is 11.9 Å². The molecule has 2 aromatic carbocycles. The Labute approximate surface area is 195 Å². The number of para-hydroxylation sites is 2. The Balaban J connectivity index is 1.85. The van der Waals surface area contributed by atoms with E-state index in [1.54, 1.807) is 30.3 Å². The van der Waals surface area contributed by atoms with Crippen LogP contribution in [-0.2, 0) is 17.8 Å². The number of aliphatic hydroxyl groups excluding tert-OH is 1. The zero-order chi connectivity index (χ0) is 23.6. The quantitative estimate of drug-likeness (QED) is 0.371. The molecule has 1 unspecified atom stereocenters. The van der Waals surface area contributed by atoms with Crippen LogP contribution in [0.25, 0.3) is 12.2 Å². The van der Waals surface area contributed by atoms with E-state index in [9.17, 15) is 20.0 Å². The molecule has 0 aliphatic heterocycles. The summed E-state index contributed by atoms with van der Waals surface area (Å²) in [5.41, 5.74) is 1.46. The van der Waals surface area contributed by atoms with E-state index >= 15 is 0 Å². The number of rotatable bonds is 9. The monoisotopic (exact) mass is 463 g/mol. The van der Waals surface area contributed by atoms with Crippen LogP contribution < -0.4 is 24.8 Å². The SMILES string of the molecule is CCn1c(=CC(C#N)C(=O)Oc2ccccc2CCO)sc(=CCNc2ccccc2)c1=O. The van der Waals surface area contributed by atoms with E-state index in [0.717, 1.165) is 5.69 Å². The largest absolute Gasteiger partial charge is 0.425 e. The molecule has 7 nitrogen and oxygen atoms in total. The van der Waals surface area contributed by atoms with Crippen molar-refractivity contribution in [2.45, 2.75) is 19.9 Å². The van der Waals surface area contributed by atoms with Gasteiger partial charge in [-0.3, -0.25) is 9.36 Å². The number of hydrogen-bond acceptors (Lipinski definition) is 7. The van der Waals surface area contributed by atoms with Crippen LogP contribution in [0.3, 0.4) is 0 Å². The van der Waals surface area contributed by atoms with E-state index in [-0.39, 0.29) is 12.2 Å². The predicted octanol–water partition coefficient (Wildman–Crippen LogP) is 1.88. The molecular weight excluding hydrogens is 438 g/mol. The van der Waals surface area contributed by atoms with Crippen LogP contribution in [0.2, 0.25) is 0 Å². The van der Waals surface area contributed by atoms with Gasteiger partial charge in [0.1, 0.15) is 5.75 Å². The highest BCUT2D eigenvalue weighted by Gasteiger charge is 2.20. The smallest absolute Gasteiger partial charge is 0.332 e. The minimum absolute atomic E-state index is 0.0846. The number of ether oxygens (including phenoxy) is 1. The van der Waals surface area contributed by atoms with Gasteiger partial charge in [-0.25, -0.2) is 4.79 Å². The minimum Gasteiger partial charge on any atom is -0.425 e. The predicted molar refractivity (Wildman–Crippen MR) is 129 cm³/mol. The molecule has 3 aromatic rings. The van der Waals surface area contributed by atoms with Gasteiger partial charge in [0.2, 0.25) is 0 Å². The molecule has 1 atom stereocenters. The summed E-state index contributed by atoms with van der Waals surface area (Å²) in [6.07, 6.45) is 3.60. The molecule has 0 saturated carbocycles. The zero-order valence-corrected chi connectivity index (χ0v) is 19.0. The summed E-state index contributed by atoms with van der Waals surface area (Å²) in [7, 11) is 0. The van der Waals surface area contributed by atoms with E-state index in [0.29, 0.717) is 40.0 Å². The highest BCUT2D eigenvalue weighted by molar-refractivity contribution is 7.07. The number of anilines is 1. The fraction of sp³-hybridized carbons (Fsp3) is 0.240. The van der Waals surface area contributed by atoms with Gasteiger partial charge >= 0.3 is 5.97 Å². The van der Waals surface area contributed by atoms with Gasteiger partial charge in [-0.15, -0.1) is 11.3 Å². The average Bonchev–Trinajstić information content (AvgIpc) is 3.13. The molecular formula is C25H25N3O4S. The average molecular weight is 464 g/mol. The van der Waals surface area contributed by atoms with Gasteiger partial charge in [0.05, 0.1) is 15.3 Å². The number of hydrogen-bond donors (Lipinski definition) is 2. The van der Waals surface area contributed by atoms with Crippen LogP contribution in [0, 0.1) is 17.2 Å². The fourth-order valence-corrected chi connectivity index (χ4v) is 4.33. The summed E-state index contributed by atoms with van der Waals surface area (Å²) >= 11 is 1.23. The van der Waals surface area contributed by atoms with Crippen molar-refractivity contribution in [2.75, 3.05) is 18.5 Å². The number of nitriles is 1. The van der Waals surface area contributed by atoms with Crippen molar-refractivity contribution in [2.24, 2.45) is 5.92 Å². The number of esters is 1. The van der Waals surface area contributed by atoms with Crippen molar-refractivity contribution in [3.05, 3.63) is 79.7 Å². The topological polar surface area (TPSA) is 104 Å². The first-order chi connectivity index (χ1) is 16.1. The second kappa shape index (κ2) is 11.8. The van der Waals surface area contributed by atoms with Crippen LogP contribution in [0.4, 0.5) is 5.69 Å². The molecule has 0 fully saturated rings. The Morgan fingerprint density at radius 1 is 1.24 bits per heavy atom. The first-order valence-corrected chi connectivity index (χ1v) is 11.4. The number of aromatic nitrogens is 1. The number of aliphatic hydroxyl groups is 1. The van der Waals surface area contributed by atoms with Gasteiger partial charge in [0, 0.05) is 25.4 Å². The van der Waals surface area contributed by atoms with Gasteiger partial charge in [0.25, 0.3) is 5.56 Å². The van der Waals surface area contributed by atoms with E-state index in [2.05, 4.69) is 5.32 Å². The Kier molecular flexibility index (Phi) is 8.58. The molecule has 8 heteroatoms. The van der Waals surface area contributed by atoms with Crippen LogP contribution in [0.5, 0.6) is 5.75 Å². The van der Waals surface area contributed by atoms with Gasteiger partial charge in [-0.1, -0.05) is 36.4 Å². The van der Waals surface area contributed by atoms with Gasteiger partial charge in [0.15, 0.2) is 5.92 Å². The summed E-state index contributed by atoms with van der Waals surface area (Å²) in [6.45, 7) is 2.63. The Morgan fingerprint density at radius 3 is 2.67 bits per heavy atom. The van der Waals surface area contributed by atoms with Crippen LogP contribution in [-0.4, -0.2) is 28.8 Å². The van der Waals surface area contributed by atoms with Crippen LogP contribution in [0.1, 0.15) is 12.5 Å². The van der Waals surface area contributed by atoms with Crippen LogP contribution in [0.15, 0.2) is 59.4 Å². The molecule has 0 aliphatic rings. The first-order valence-electron chi connectivity index (χ1n) is 10.6. The lowest BCUT2D eigenvalue weighted by atomic mass is 10.1. The summed E-state index contributed by atoms with van der Waals surface area (Å²) in [5, 5.41) is 22.0. The highest BCUT2D eigenvalue weighted by atomic mass is 32.1. The molecule has 0 saturated heterocycles. The molecule has 0 spiro atoms. The Bertz CT molecular complexity index is 1310. The Hall–Kier alpha value is -3.67. The molecule has 2 N–H and O–H groups in total. The molecule has 3 rings (SSSR count). The number of nitrogens with zero attached hydrogens (tertiary/aromatic N) is 2. The second-order valence-electron chi connectivity index (χ2n) is 7.08. The summed E-state index contributed by atoms with van der Waals surface area (Å²) in [5.74, 6) is -1.61. The molecule has 170 valence electrons. The fourth-order valence-electron chi connectivity index (χ4n) is 3.22. The van der Waals surface area contributed by atoms with Crippen molar-refractivity contribution < 1.29 is 14.6 Å². The first kappa shape index (κ1) is 24.0.